The van der Waals surface area contributed by atoms with E-state index in [0.717, 1.165) is 15.6 Å². The first-order valence-electron chi connectivity index (χ1n) is 5.50. The summed E-state index contributed by atoms with van der Waals surface area (Å²) < 4.78 is 1.08. The highest BCUT2D eigenvalue weighted by Crippen LogP contribution is 2.34. The number of nitrogens with zero attached hydrogens (tertiary/aromatic N) is 2. The van der Waals surface area contributed by atoms with Gasteiger partial charge in [-0.25, -0.2) is 0 Å². The minimum Gasteiger partial charge on any atom is -0.0898 e. The van der Waals surface area contributed by atoms with Crippen molar-refractivity contribution in [3.05, 3.63) is 57.0 Å². The van der Waals surface area contributed by atoms with Crippen LogP contribution in [0.2, 0.25) is 0 Å². The maximum atomic E-state index is 8.87. The second-order valence-electron chi connectivity index (χ2n) is 4.06. The van der Waals surface area contributed by atoms with Crippen LogP contribution in [0.15, 0.2) is 50.7 Å². The molecular formula is C14H12BrN2S+. The molecule has 4 heteroatoms. The minimum atomic E-state index is 0.632. The predicted molar refractivity (Wildman–Crippen MR) is 78.9 cm³/mol. The lowest BCUT2D eigenvalue weighted by Crippen LogP contribution is -1.83. The Balaban J connectivity index is 2.32. The molecule has 0 heterocycles. The van der Waals surface area contributed by atoms with Crippen LogP contribution in [0.1, 0.15) is 11.1 Å². The summed E-state index contributed by atoms with van der Waals surface area (Å²) in [6.07, 6.45) is 0. The molecule has 90 valence electrons. The fourth-order valence-electron chi connectivity index (χ4n) is 1.62. The lowest BCUT2D eigenvalue weighted by Gasteiger charge is -2.05. The first-order valence-corrected chi connectivity index (χ1v) is 7.11. The van der Waals surface area contributed by atoms with E-state index in [4.69, 9.17) is 5.39 Å². The van der Waals surface area contributed by atoms with Crippen LogP contribution in [0.4, 0.5) is 5.69 Å². The van der Waals surface area contributed by atoms with E-state index in [-0.39, 0.29) is 0 Å². The van der Waals surface area contributed by atoms with Gasteiger partial charge in [0.15, 0.2) is 4.98 Å². The zero-order chi connectivity index (χ0) is 13.1. The molecule has 2 aromatic carbocycles. The van der Waals surface area contributed by atoms with Gasteiger partial charge in [-0.3, -0.25) is 0 Å². The summed E-state index contributed by atoms with van der Waals surface area (Å²) in [6.45, 7) is 3.97. The lowest BCUT2D eigenvalue weighted by atomic mass is 10.1. The number of rotatable bonds is 2. The lowest BCUT2D eigenvalue weighted by molar-refractivity contribution is 1.25. The fourth-order valence-corrected chi connectivity index (χ4v) is 2.87. The third-order valence-electron chi connectivity index (χ3n) is 2.64. The van der Waals surface area contributed by atoms with Crippen molar-refractivity contribution >= 4 is 33.4 Å². The van der Waals surface area contributed by atoms with Gasteiger partial charge >= 0.3 is 5.69 Å². The number of hydrogen-bond acceptors (Lipinski definition) is 2. The average molecular weight is 320 g/mol. The van der Waals surface area contributed by atoms with Gasteiger partial charge in [0.2, 0.25) is 5.39 Å². The number of halogens is 1. The summed E-state index contributed by atoms with van der Waals surface area (Å²) in [5, 5.41) is 8.87. The minimum absolute atomic E-state index is 0.632. The van der Waals surface area contributed by atoms with Crippen LogP contribution in [0, 0.1) is 19.2 Å². The Hall–Kier alpha value is -1.31. The summed E-state index contributed by atoms with van der Waals surface area (Å²) >= 11 is 5.14. The summed E-state index contributed by atoms with van der Waals surface area (Å²) in [7, 11) is 0. The molecule has 0 aliphatic carbocycles. The van der Waals surface area contributed by atoms with Crippen LogP contribution >= 0.6 is 27.7 Å². The quantitative estimate of drug-likeness (QED) is 0.664. The Morgan fingerprint density at radius 1 is 1.06 bits per heavy atom. The van der Waals surface area contributed by atoms with Gasteiger partial charge in [0.25, 0.3) is 0 Å². The molecule has 0 radical (unpaired) electrons. The van der Waals surface area contributed by atoms with Gasteiger partial charge in [-0.15, -0.1) is 0 Å². The largest absolute Gasteiger partial charge is 0.388 e. The topological polar surface area (TPSA) is 28.1 Å². The van der Waals surface area contributed by atoms with Gasteiger partial charge in [-0.1, -0.05) is 27.7 Å². The smallest absolute Gasteiger partial charge is 0.0898 e. The van der Waals surface area contributed by atoms with Crippen molar-refractivity contribution in [2.45, 2.75) is 23.6 Å². The van der Waals surface area contributed by atoms with Crippen LogP contribution in [0.3, 0.4) is 0 Å². The second-order valence-corrected chi connectivity index (χ2v) is 6.09. The van der Waals surface area contributed by atoms with Crippen molar-refractivity contribution in [3.63, 3.8) is 0 Å². The third kappa shape index (κ3) is 2.92. The van der Waals surface area contributed by atoms with Crippen LogP contribution in [0.5, 0.6) is 0 Å². The second kappa shape index (κ2) is 5.55. The molecule has 0 saturated carbocycles. The van der Waals surface area contributed by atoms with Gasteiger partial charge < -0.3 is 0 Å². The third-order valence-corrected chi connectivity index (χ3v) is 4.34. The van der Waals surface area contributed by atoms with Crippen molar-refractivity contribution < 1.29 is 0 Å². The molecule has 0 aliphatic heterocycles. The molecule has 0 atom stereocenters. The molecule has 0 unspecified atom stereocenters. The van der Waals surface area contributed by atoms with E-state index in [1.165, 1.54) is 9.79 Å². The molecule has 18 heavy (non-hydrogen) atoms. The first-order chi connectivity index (χ1) is 8.60. The van der Waals surface area contributed by atoms with Crippen LogP contribution < -0.4 is 0 Å². The van der Waals surface area contributed by atoms with Crippen LogP contribution in [-0.2, 0) is 0 Å². The molecule has 0 bridgehead atoms. The monoisotopic (exact) mass is 319 g/mol. The van der Waals surface area contributed by atoms with E-state index in [1.807, 2.05) is 32.0 Å². The summed E-state index contributed by atoms with van der Waals surface area (Å²) in [4.78, 5) is 5.65. The number of hydrogen-bond donors (Lipinski definition) is 0. The Morgan fingerprint density at radius 3 is 2.33 bits per heavy atom. The van der Waals surface area contributed by atoms with Crippen LogP contribution in [-0.4, -0.2) is 0 Å². The molecule has 0 fully saturated rings. The van der Waals surface area contributed by atoms with Gasteiger partial charge in [-0.05, 0) is 49.7 Å². The van der Waals surface area contributed by atoms with Crippen LogP contribution in [0.25, 0.3) is 4.98 Å². The SMILES string of the molecule is Cc1cc(Sc2ccc(Br)cc2)c(C)cc1[N+]#N. The van der Waals surface area contributed by atoms with E-state index in [0.29, 0.717) is 5.69 Å². The molecule has 0 aromatic heterocycles. The number of benzene rings is 2. The number of aryl methyl sites for hydroxylation is 2. The zero-order valence-electron chi connectivity index (χ0n) is 10.1. The highest BCUT2D eigenvalue weighted by molar-refractivity contribution is 9.10. The Kier molecular flexibility index (Phi) is 4.05. The number of diazo groups is 1. The molecular weight excluding hydrogens is 308 g/mol. The molecule has 2 aromatic rings. The maximum Gasteiger partial charge on any atom is 0.388 e. The van der Waals surface area contributed by atoms with Gasteiger partial charge in [-0.2, -0.15) is 0 Å². The molecule has 0 amide bonds. The van der Waals surface area contributed by atoms with Gasteiger partial charge in [0.05, 0.1) is 0 Å². The van der Waals surface area contributed by atoms with E-state index in [2.05, 4.69) is 39.1 Å². The Morgan fingerprint density at radius 2 is 1.72 bits per heavy atom. The summed E-state index contributed by atoms with van der Waals surface area (Å²) in [6, 6.07) is 12.2. The predicted octanol–water partition coefficient (Wildman–Crippen LogP) is 5.70. The maximum absolute atomic E-state index is 8.87. The molecule has 0 aliphatic rings. The van der Waals surface area contributed by atoms with E-state index >= 15 is 0 Å². The van der Waals surface area contributed by atoms with Gasteiger partial charge in [0.1, 0.15) is 0 Å². The Labute approximate surface area is 119 Å². The molecule has 2 rings (SSSR count). The highest BCUT2D eigenvalue weighted by atomic mass is 79.9. The first kappa shape index (κ1) is 13.1. The molecule has 0 saturated heterocycles. The summed E-state index contributed by atoms with van der Waals surface area (Å²) in [5.74, 6) is 0. The van der Waals surface area contributed by atoms with E-state index in [1.54, 1.807) is 11.8 Å². The Bertz CT molecular complexity index is 615. The van der Waals surface area contributed by atoms with E-state index < -0.39 is 0 Å². The normalized spacial score (nSPS) is 10.1. The highest BCUT2D eigenvalue weighted by Gasteiger charge is 2.13. The fraction of sp³-hybridized carbons (Fsp3) is 0.143. The molecule has 0 N–H and O–H groups in total. The van der Waals surface area contributed by atoms with Crippen molar-refractivity contribution in [1.82, 2.24) is 0 Å². The van der Waals surface area contributed by atoms with Crippen molar-refractivity contribution in [2.75, 3.05) is 0 Å². The summed E-state index contributed by atoms with van der Waals surface area (Å²) in [5.41, 5.74) is 2.72. The molecule has 0 spiro atoms. The standard InChI is InChI=1S/C14H12BrN2S/c1-9-8-14(10(2)7-13(9)17-16)18-12-5-3-11(15)4-6-12/h3-8H,1-2H3/q+1. The molecule has 2 nitrogen and oxygen atoms in total. The average Bonchev–Trinajstić information content (AvgIpc) is 2.36. The van der Waals surface area contributed by atoms with Crippen molar-refractivity contribution in [2.24, 2.45) is 0 Å². The zero-order valence-corrected chi connectivity index (χ0v) is 12.5. The van der Waals surface area contributed by atoms with Crippen molar-refractivity contribution in [1.29, 1.82) is 5.39 Å². The van der Waals surface area contributed by atoms with Crippen molar-refractivity contribution in [3.8, 4) is 0 Å². The van der Waals surface area contributed by atoms with E-state index in [9.17, 15) is 0 Å². The van der Waals surface area contributed by atoms with Gasteiger partial charge in [0, 0.05) is 25.9 Å².